The molecule has 0 heterocycles. The molecule has 0 aromatic heterocycles. The third-order valence-corrected chi connectivity index (χ3v) is 3.00. The lowest BCUT2D eigenvalue weighted by atomic mass is 9.97. The van der Waals surface area contributed by atoms with E-state index in [1.807, 2.05) is 0 Å². The molecule has 0 aliphatic carbocycles. The monoisotopic (exact) mass is 253 g/mol. The van der Waals surface area contributed by atoms with E-state index in [0.29, 0.717) is 24.4 Å². The molecule has 0 bridgehead atoms. The first-order chi connectivity index (χ1) is 8.58. The Hall–Kier alpha value is -1.42. The van der Waals surface area contributed by atoms with Crippen LogP contribution in [0.3, 0.4) is 0 Å². The van der Waals surface area contributed by atoms with E-state index >= 15 is 0 Å². The van der Waals surface area contributed by atoms with E-state index in [1.165, 1.54) is 19.2 Å². The van der Waals surface area contributed by atoms with Crippen LogP contribution in [0.25, 0.3) is 0 Å². The van der Waals surface area contributed by atoms with Gasteiger partial charge in [-0.1, -0.05) is 6.92 Å². The fourth-order valence-electron chi connectivity index (χ4n) is 1.79. The van der Waals surface area contributed by atoms with Crippen LogP contribution in [0.15, 0.2) is 18.2 Å². The molecule has 100 valence electrons. The summed E-state index contributed by atoms with van der Waals surface area (Å²) in [6.07, 6.45) is 2.11. The van der Waals surface area contributed by atoms with Crippen LogP contribution in [0, 0.1) is 11.7 Å². The average molecular weight is 253 g/mol. The first-order valence-electron chi connectivity index (χ1n) is 6.15. The van der Waals surface area contributed by atoms with Gasteiger partial charge in [-0.2, -0.15) is 0 Å². The number of ketones is 1. The van der Waals surface area contributed by atoms with E-state index in [4.69, 9.17) is 10.5 Å². The molecular formula is C14H20FNO2. The van der Waals surface area contributed by atoms with Crippen LogP contribution < -0.4 is 10.5 Å². The van der Waals surface area contributed by atoms with E-state index < -0.39 is 5.82 Å². The number of carbonyl (C=O) groups is 1. The molecule has 0 radical (unpaired) electrons. The summed E-state index contributed by atoms with van der Waals surface area (Å²) in [5.41, 5.74) is 5.85. The summed E-state index contributed by atoms with van der Waals surface area (Å²) in [5, 5.41) is 0. The molecule has 1 unspecified atom stereocenters. The zero-order valence-corrected chi connectivity index (χ0v) is 10.9. The standard InChI is InChI=1S/C14H20FNO2/c1-10(7-8-16)3-5-13(17)11-4-6-14(18-2)12(15)9-11/h4,6,9-10H,3,5,7-8,16H2,1-2H3. The number of hydrogen-bond acceptors (Lipinski definition) is 3. The van der Waals surface area contributed by atoms with Crippen LogP contribution in [-0.2, 0) is 0 Å². The van der Waals surface area contributed by atoms with Crippen LogP contribution in [0.1, 0.15) is 36.5 Å². The zero-order chi connectivity index (χ0) is 13.5. The molecule has 1 rings (SSSR count). The van der Waals surface area contributed by atoms with Gasteiger partial charge < -0.3 is 10.5 Å². The van der Waals surface area contributed by atoms with Gasteiger partial charge in [-0.05, 0) is 43.5 Å². The third-order valence-electron chi connectivity index (χ3n) is 3.00. The highest BCUT2D eigenvalue weighted by Gasteiger charge is 2.11. The van der Waals surface area contributed by atoms with Gasteiger partial charge in [0.05, 0.1) is 7.11 Å². The molecule has 18 heavy (non-hydrogen) atoms. The van der Waals surface area contributed by atoms with Crippen molar-refractivity contribution in [2.45, 2.75) is 26.2 Å². The molecule has 0 aliphatic rings. The maximum absolute atomic E-state index is 13.4. The van der Waals surface area contributed by atoms with Crippen molar-refractivity contribution in [3.8, 4) is 5.75 Å². The number of nitrogens with two attached hydrogens (primary N) is 1. The van der Waals surface area contributed by atoms with Crippen molar-refractivity contribution < 1.29 is 13.9 Å². The van der Waals surface area contributed by atoms with Crippen LogP contribution in [0.5, 0.6) is 5.75 Å². The quantitative estimate of drug-likeness (QED) is 0.760. The van der Waals surface area contributed by atoms with Crippen molar-refractivity contribution >= 4 is 5.78 Å². The summed E-state index contributed by atoms with van der Waals surface area (Å²) < 4.78 is 18.2. The van der Waals surface area contributed by atoms with Gasteiger partial charge in [0.1, 0.15) is 0 Å². The second kappa shape index (κ2) is 7.11. The Balaban J connectivity index is 2.59. The molecule has 2 N–H and O–H groups in total. The van der Waals surface area contributed by atoms with Crippen LogP contribution >= 0.6 is 0 Å². The summed E-state index contributed by atoms with van der Waals surface area (Å²) in [6.45, 7) is 2.70. The molecule has 1 aromatic rings. The van der Waals surface area contributed by atoms with Gasteiger partial charge in [-0.25, -0.2) is 4.39 Å². The number of benzene rings is 1. The number of rotatable bonds is 7. The summed E-state index contributed by atoms with van der Waals surface area (Å²) in [6, 6.07) is 4.30. The van der Waals surface area contributed by atoms with Gasteiger partial charge in [-0.3, -0.25) is 4.79 Å². The SMILES string of the molecule is COc1ccc(C(=O)CCC(C)CCN)cc1F. The average Bonchev–Trinajstić information content (AvgIpc) is 2.36. The van der Waals surface area contributed by atoms with E-state index in [2.05, 4.69) is 6.92 Å². The predicted molar refractivity (Wildman–Crippen MR) is 69.4 cm³/mol. The Morgan fingerprint density at radius 1 is 1.44 bits per heavy atom. The minimum absolute atomic E-state index is 0.0413. The topological polar surface area (TPSA) is 52.3 Å². The molecular weight excluding hydrogens is 233 g/mol. The summed E-state index contributed by atoms with van der Waals surface area (Å²) in [5.74, 6) is 0.0314. The molecule has 0 aliphatic heterocycles. The van der Waals surface area contributed by atoms with E-state index in [1.54, 1.807) is 6.07 Å². The molecule has 4 heteroatoms. The van der Waals surface area contributed by atoms with Crippen molar-refractivity contribution in [3.63, 3.8) is 0 Å². The van der Waals surface area contributed by atoms with Crippen LogP contribution in [-0.4, -0.2) is 19.4 Å². The number of Topliss-reactive ketones (excluding diaryl/α,β-unsaturated/α-hetero) is 1. The Kier molecular flexibility index (Phi) is 5.78. The largest absolute Gasteiger partial charge is 0.494 e. The lowest BCUT2D eigenvalue weighted by Gasteiger charge is -2.09. The van der Waals surface area contributed by atoms with Gasteiger partial charge in [0, 0.05) is 12.0 Å². The highest BCUT2D eigenvalue weighted by atomic mass is 19.1. The normalized spacial score (nSPS) is 12.2. The Bertz CT molecular complexity index is 407. The minimum atomic E-state index is -0.502. The van der Waals surface area contributed by atoms with Crippen molar-refractivity contribution in [1.29, 1.82) is 0 Å². The summed E-state index contributed by atoms with van der Waals surface area (Å²) >= 11 is 0. The van der Waals surface area contributed by atoms with Crippen LogP contribution in [0.2, 0.25) is 0 Å². The predicted octanol–water partition coefficient (Wildman–Crippen LogP) is 2.78. The number of methoxy groups -OCH3 is 1. The number of ether oxygens (including phenoxy) is 1. The first kappa shape index (κ1) is 14.6. The number of halogens is 1. The fraction of sp³-hybridized carbons (Fsp3) is 0.500. The van der Waals surface area contributed by atoms with E-state index in [0.717, 1.165) is 12.8 Å². The van der Waals surface area contributed by atoms with Crippen molar-refractivity contribution in [2.24, 2.45) is 11.7 Å². The second-order valence-corrected chi connectivity index (χ2v) is 4.49. The third kappa shape index (κ3) is 4.11. The van der Waals surface area contributed by atoms with Crippen LogP contribution in [0.4, 0.5) is 4.39 Å². The molecule has 0 saturated carbocycles. The molecule has 0 spiro atoms. The maximum atomic E-state index is 13.4. The van der Waals surface area contributed by atoms with Crippen molar-refractivity contribution in [2.75, 3.05) is 13.7 Å². The lowest BCUT2D eigenvalue weighted by Crippen LogP contribution is -2.08. The molecule has 1 aromatic carbocycles. The second-order valence-electron chi connectivity index (χ2n) is 4.49. The van der Waals surface area contributed by atoms with Gasteiger partial charge in [0.2, 0.25) is 0 Å². The Labute approximate surface area is 107 Å². The zero-order valence-electron chi connectivity index (χ0n) is 10.9. The van der Waals surface area contributed by atoms with Gasteiger partial charge in [-0.15, -0.1) is 0 Å². The molecule has 3 nitrogen and oxygen atoms in total. The smallest absolute Gasteiger partial charge is 0.165 e. The summed E-state index contributed by atoms with van der Waals surface area (Å²) in [4.78, 5) is 11.9. The number of carbonyl (C=O) groups excluding carboxylic acids is 1. The van der Waals surface area contributed by atoms with Gasteiger partial charge in [0.25, 0.3) is 0 Å². The lowest BCUT2D eigenvalue weighted by molar-refractivity contribution is 0.0973. The van der Waals surface area contributed by atoms with E-state index in [9.17, 15) is 9.18 Å². The summed E-state index contributed by atoms with van der Waals surface area (Å²) in [7, 11) is 1.40. The van der Waals surface area contributed by atoms with Gasteiger partial charge in [0.15, 0.2) is 17.3 Å². The molecule has 0 saturated heterocycles. The van der Waals surface area contributed by atoms with E-state index in [-0.39, 0.29) is 11.5 Å². The maximum Gasteiger partial charge on any atom is 0.165 e. The highest BCUT2D eigenvalue weighted by Crippen LogP contribution is 2.20. The number of hydrogen-bond donors (Lipinski definition) is 1. The van der Waals surface area contributed by atoms with Gasteiger partial charge >= 0.3 is 0 Å². The molecule has 0 fully saturated rings. The minimum Gasteiger partial charge on any atom is -0.494 e. The Morgan fingerprint density at radius 3 is 2.72 bits per heavy atom. The van der Waals surface area contributed by atoms with Crippen molar-refractivity contribution in [3.05, 3.63) is 29.6 Å². The molecule has 1 atom stereocenters. The highest BCUT2D eigenvalue weighted by molar-refractivity contribution is 5.96. The molecule has 0 amide bonds. The Morgan fingerprint density at radius 2 is 2.17 bits per heavy atom. The fourth-order valence-corrected chi connectivity index (χ4v) is 1.79. The van der Waals surface area contributed by atoms with Crippen molar-refractivity contribution in [1.82, 2.24) is 0 Å². The first-order valence-corrected chi connectivity index (χ1v) is 6.15.